The third kappa shape index (κ3) is 4.86. The van der Waals surface area contributed by atoms with Gasteiger partial charge in [-0.2, -0.15) is 0 Å². The van der Waals surface area contributed by atoms with E-state index in [1.807, 2.05) is 11.4 Å². The van der Waals surface area contributed by atoms with Gasteiger partial charge in [0.15, 0.2) is 5.13 Å². The molecule has 6 nitrogen and oxygen atoms in total. The molecule has 1 fully saturated rings. The van der Waals surface area contributed by atoms with Crippen LogP contribution in [0.5, 0.6) is 5.75 Å². The fraction of sp³-hybridized carbons (Fsp3) is 0.412. The fourth-order valence-electron chi connectivity index (χ4n) is 2.77. The monoisotopic (exact) mass is 417 g/mol. The van der Waals surface area contributed by atoms with Crippen molar-refractivity contribution in [2.24, 2.45) is 11.7 Å². The van der Waals surface area contributed by atoms with E-state index < -0.39 is 6.04 Å². The normalized spacial score (nSPS) is 15.8. The van der Waals surface area contributed by atoms with Gasteiger partial charge in [-0.3, -0.25) is 4.79 Å². The highest BCUT2D eigenvalue weighted by molar-refractivity contribution is 7.14. The molecule has 2 heterocycles. The number of methoxy groups -OCH3 is 1. The molecule has 1 aliphatic rings. The number of nitrogens with one attached hydrogen (secondary N) is 1. The highest BCUT2D eigenvalue weighted by Gasteiger charge is 2.27. The Balaban J connectivity index is 0.00000243. The molecule has 26 heavy (non-hydrogen) atoms. The maximum absolute atomic E-state index is 12.3. The minimum atomic E-state index is -0.549. The second kappa shape index (κ2) is 9.53. The quantitative estimate of drug-likeness (QED) is 0.775. The lowest BCUT2D eigenvalue weighted by atomic mass is 9.92. The number of aromatic nitrogens is 1. The molecule has 1 aliphatic heterocycles. The van der Waals surface area contributed by atoms with Crippen LogP contribution in [-0.4, -0.2) is 37.3 Å². The molecule has 0 bridgehead atoms. The molecule has 9 heteroatoms. The summed E-state index contributed by atoms with van der Waals surface area (Å²) in [6.07, 6.45) is 1.62. The third-order valence-corrected chi connectivity index (χ3v) is 5.31. The summed E-state index contributed by atoms with van der Waals surface area (Å²) in [6, 6.07) is 4.90. The number of nitrogens with two attached hydrogens (primary N) is 1. The van der Waals surface area contributed by atoms with E-state index in [1.54, 1.807) is 19.2 Å². The van der Waals surface area contributed by atoms with E-state index in [-0.39, 0.29) is 24.2 Å². The van der Waals surface area contributed by atoms with Crippen LogP contribution in [0.1, 0.15) is 12.8 Å². The van der Waals surface area contributed by atoms with Crippen LogP contribution < -0.4 is 15.8 Å². The summed E-state index contributed by atoms with van der Waals surface area (Å²) in [5.41, 5.74) is 7.69. The van der Waals surface area contributed by atoms with Crippen molar-refractivity contribution in [1.29, 1.82) is 0 Å². The zero-order valence-electron chi connectivity index (χ0n) is 14.2. The lowest BCUT2D eigenvalue weighted by Crippen LogP contribution is -2.43. The zero-order valence-corrected chi connectivity index (χ0v) is 16.6. The molecule has 3 N–H and O–H groups in total. The molecule has 1 aromatic carbocycles. The predicted octanol–water partition coefficient (Wildman–Crippen LogP) is 3.59. The van der Waals surface area contributed by atoms with Crippen LogP contribution >= 0.6 is 35.3 Å². The minimum absolute atomic E-state index is 0. The first-order valence-electron chi connectivity index (χ1n) is 8.02. The van der Waals surface area contributed by atoms with Crippen molar-refractivity contribution in [3.05, 3.63) is 28.6 Å². The van der Waals surface area contributed by atoms with Crippen molar-refractivity contribution < 1.29 is 14.3 Å². The van der Waals surface area contributed by atoms with E-state index in [2.05, 4.69) is 10.3 Å². The molecule has 0 saturated carbocycles. The van der Waals surface area contributed by atoms with Gasteiger partial charge in [-0.05, 0) is 37.0 Å². The van der Waals surface area contributed by atoms with Crippen molar-refractivity contribution in [1.82, 2.24) is 4.98 Å². The van der Waals surface area contributed by atoms with Crippen molar-refractivity contribution in [2.45, 2.75) is 18.9 Å². The largest absolute Gasteiger partial charge is 0.495 e. The van der Waals surface area contributed by atoms with E-state index in [0.717, 1.165) is 24.1 Å². The van der Waals surface area contributed by atoms with Gasteiger partial charge in [0, 0.05) is 24.2 Å². The molecule has 1 aromatic heterocycles. The molecule has 1 unspecified atom stereocenters. The van der Waals surface area contributed by atoms with Gasteiger partial charge in [0.2, 0.25) is 5.91 Å². The van der Waals surface area contributed by atoms with Gasteiger partial charge >= 0.3 is 0 Å². The maximum atomic E-state index is 12.3. The van der Waals surface area contributed by atoms with Gasteiger partial charge in [0.1, 0.15) is 5.75 Å². The Hall–Kier alpha value is -1.38. The number of thiazole rings is 1. The number of hydrogen-bond donors (Lipinski definition) is 2. The van der Waals surface area contributed by atoms with E-state index >= 15 is 0 Å². The minimum Gasteiger partial charge on any atom is -0.495 e. The van der Waals surface area contributed by atoms with Crippen LogP contribution in [0, 0.1) is 5.92 Å². The van der Waals surface area contributed by atoms with Crippen LogP contribution in [0.3, 0.4) is 0 Å². The lowest BCUT2D eigenvalue weighted by molar-refractivity contribution is -0.119. The third-order valence-electron chi connectivity index (χ3n) is 4.26. The number of nitrogens with zero attached hydrogens (tertiary/aromatic N) is 1. The smallest absolute Gasteiger partial charge is 0.243 e. The Morgan fingerprint density at radius 1 is 1.46 bits per heavy atom. The number of amides is 1. The van der Waals surface area contributed by atoms with Crippen molar-refractivity contribution >= 4 is 46.4 Å². The van der Waals surface area contributed by atoms with Gasteiger partial charge in [0.05, 0.1) is 23.9 Å². The molecule has 0 radical (unpaired) electrons. The predicted molar refractivity (Wildman–Crippen MR) is 107 cm³/mol. The number of carbonyl (C=O) groups excluding carboxylic acids is 1. The van der Waals surface area contributed by atoms with Gasteiger partial charge < -0.3 is 20.5 Å². The molecule has 3 rings (SSSR count). The average Bonchev–Trinajstić information content (AvgIpc) is 3.10. The molecule has 0 aliphatic carbocycles. The second-order valence-electron chi connectivity index (χ2n) is 5.85. The number of anilines is 1. The Kier molecular flexibility index (Phi) is 7.67. The first-order valence-corrected chi connectivity index (χ1v) is 9.28. The number of hydrogen-bond acceptors (Lipinski definition) is 6. The molecule has 1 amide bonds. The van der Waals surface area contributed by atoms with Crippen LogP contribution in [0.2, 0.25) is 5.02 Å². The van der Waals surface area contributed by atoms with Gasteiger partial charge in [-0.25, -0.2) is 4.98 Å². The highest BCUT2D eigenvalue weighted by Crippen LogP contribution is 2.32. The fourth-order valence-corrected chi connectivity index (χ4v) is 3.75. The zero-order chi connectivity index (χ0) is 17.8. The molecule has 1 atom stereocenters. The number of benzene rings is 1. The summed E-state index contributed by atoms with van der Waals surface area (Å²) in [7, 11) is 1.57. The second-order valence-corrected chi connectivity index (χ2v) is 7.12. The average molecular weight is 418 g/mol. The molecule has 1 saturated heterocycles. The molecular weight excluding hydrogens is 397 g/mol. The Labute approximate surface area is 167 Å². The van der Waals surface area contributed by atoms with E-state index in [4.69, 9.17) is 26.8 Å². The summed E-state index contributed by atoms with van der Waals surface area (Å²) < 4.78 is 10.5. The summed E-state index contributed by atoms with van der Waals surface area (Å²) in [5.74, 6) is 0.547. The SMILES string of the molecule is COc1ccc(-c2csc(NC(=O)C(N)C3CCOCC3)n2)cc1Cl.Cl. The van der Waals surface area contributed by atoms with Gasteiger partial charge in [-0.15, -0.1) is 23.7 Å². The lowest BCUT2D eigenvalue weighted by Gasteiger charge is -2.26. The molecule has 0 spiro atoms. The maximum Gasteiger partial charge on any atom is 0.243 e. The molecule has 142 valence electrons. The topological polar surface area (TPSA) is 86.5 Å². The van der Waals surface area contributed by atoms with Crippen molar-refractivity contribution in [2.75, 3.05) is 25.6 Å². The number of carbonyl (C=O) groups is 1. The molecular formula is C17H21Cl2N3O3S. The van der Waals surface area contributed by atoms with E-state index in [9.17, 15) is 4.79 Å². The Morgan fingerprint density at radius 2 is 2.19 bits per heavy atom. The van der Waals surface area contributed by atoms with Crippen molar-refractivity contribution in [3.8, 4) is 17.0 Å². The summed E-state index contributed by atoms with van der Waals surface area (Å²) in [5, 5.41) is 5.72. The number of halogens is 2. The summed E-state index contributed by atoms with van der Waals surface area (Å²) in [6.45, 7) is 1.32. The highest BCUT2D eigenvalue weighted by atomic mass is 35.5. The van der Waals surface area contributed by atoms with Crippen LogP contribution in [0.15, 0.2) is 23.6 Å². The number of ether oxygens (including phenoxy) is 2. The van der Waals surface area contributed by atoms with E-state index in [1.165, 1.54) is 11.3 Å². The molecule has 2 aromatic rings. The standard InChI is InChI=1S/C17H20ClN3O3S.ClH/c1-23-14-3-2-11(8-12(14)18)13-9-25-17(20-13)21-16(22)15(19)10-4-6-24-7-5-10;/h2-3,8-10,15H,4-7,19H2,1H3,(H,20,21,22);1H. The van der Waals surface area contributed by atoms with Crippen LogP contribution in [-0.2, 0) is 9.53 Å². The van der Waals surface area contributed by atoms with E-state index in [0.29, 0.717) is 29.1 Å². The summed E-state index contributed by atoms with van der Waals surface area (Å²) >= 11 is 7.51. The van der Waals surface area contributed by atoms with Gasteiger partial charge in [0.25, 0.3) is 0 Å². The summed E-state index contributed by atoms with van der Waals surface area (Å²) in [4.78, 5) is 16.8. The van der Waals surface area contributed by atoms with Gasteiger partial charge in [-0.1, -0.05) is 11.6 Å². The first kappa shape index (κ1) is 20.9. The Bertz CT molecular complexity index is 751. The van der Waals surface area contributed by atoms with Crippen LogP contribution in [0.4, 0.5) is 5.13 Å². The van der Waals surface area contributed by atoms with Crippen molar-refractivity contribution in [3.63, 3.8) is 0 Å². The Morgan fingerprint density at radius 3 is 2.85 bits per heavy atom. The van der Waals surface area contributed by atoms with Crippen LogP contribution in [0.25, 0.3) is 11.3 Å². The number of rotatable bonds is 5. The first-order chi connectivity index (χ1) is 12.1.